The first-order valence-electron chi connectivity index (χ1n) is 7.57. The highest BCUT2D eigenvalue weighted by molar-refractivity contribution is 5.85. The van der Waals surface area contributed by atoms with Crippen molar-refractivity contribution in [1.29, 1.82) is 0 Å². The summed E-state index contributed by atoms with van der Waals surface area (Å²) < 4.78 is 13.1. The van der Waals surface area contributed by atoms with Crippen LogP contribution >= 0.6 is 0 Å². The molecule has 0 aliphatic heterocycles. The van der Waals surface area contributed by atoms with Gasteiger partial charge in [0.05, 0.1) is 5.52 Å². The first-order valence-corrected chi connectivity index (χ1v) is 7.57. The fourth-order valence-corrected chi connectivity index (χ4v) is 2.47. The SMILES string of the molecule is COC(O)c1cc(OCCN(C)C)cc2c1ccn2C(C)C. The molecule has 5 nitrogen and oxygen atoms in total. The molecule has 0 aliphatic rings. The molecule has 1 heterocycles. The van der Waals surface area contributed by atoms with Crippen molar-refractivity contribution in [2.24, 2.45) is 0 Å². The average molecular weight is 306 g/mol. The Hall–Kier alpha value is -1.56. The van der Waals surface area contributed by atoms with Crippen LogP contribution < -0.4 is 4.74 Å². The average Bonchev–Trinajstić information content (AvgIpc) is 2.89. The van der Waals surface area contributed by atoms with Crippen LogP contribution in [0.15, 0.2) is 24.4 Å². The molecule has 0 spiro atoms. The number of ether oxygens (including phenoxy) is 2. The standard InChI is InChI=1S/C17H26N2O3/c1-12(2)19-7-6-14-15(17(20)21-5)10-13(11-16(14)19)22-9-8-18(3)4/h6-7,10-12,17,20H,8-9H2,1-5H3. The van der Waals surface area contributed by atoms with E-state index in [4.69, 9.17) is 9.47 Å². The number of nitrogens with zero attached hydrogens (tertiary/aromatic N) is 2. The zero-order valence-electron chi connectivity index (χ0n) is 14.0. The molecular weight excluding hydrogens is 280 g/mol. The highest BCUT2D eigenvalue weighted by Crippen LogP contribution is 2.32. The van der Waals surface area contributed by atoms with Crippen LogP contribution in [0, 0.1) is 0 Å². The van der Waals surface area contributed by atoms with Crippen molar-refractivity contribution in [2.75, 3.05) is 34.4 Å². The van der Waals surface area contributed by atoms with E-state index in [1.165, 1.54) is 7.11 Å². The number of benzene rings is 1. The molecule has 1 unspecified atom stereocenters. The second-order valence-corrected chi connectivity index (χ2v) is 6.00. The molecule has 0 amide bonds. The predicted octanol–water partition coefficient (Wildman–Crippen LogP) is 2.80. The van der Waals surface area contributed by atoms with E-state index >= 15 is 0 Å². The van der Waals surface area contributed by atoms with Gasteiger partial charge in [0.25, 0.3) is 0 Å². The van der Waals surface area contributed by atoms with E-state index in [0.717, 1.165) is 28.8 Å². The number of likely N-dealkylation sites (N-methyl/N-ethyl adjacent to an activating group) is 1. The Balaban J connectivity index is 2.42. The lowest BCUT2D eigenvalue weighted by atomic mass is 10.1. The zero-order chi connectivity index (χ0) is 16.3. The van der Waals surface area contributed by atoms with Gasteiger partial charge in [-0.25, -0.2) is 0 Å². The molecule has 22 heavy (non-hydrogen) atoms. The minimum atomic E-state index is -0.956. The van der Waals surface area contributed by atoms with Crippen LogP contribution in [0.3, 0.4) is 0 Å². The largest absolute Gasteiger partial charge is 0.492 e. The lowest BCUT2D eigenvalue weighted by Gasteiger charge is -2.16. The number of fused-ring (bicyclic) bond motifs is 1. The highest BCUT2D eigenvalue weighted by Gasteiger charge is 2.16. The Morgan fingerprint density at radius 3 is 2.59 bits per heavy atom. The second kappa shape index (κ2) is 7.13. The van der Waals surface area contributed by atoms with Crippen molar-refractivity contribution in [3.8, 4) is 5.75 Å². The maximum Gasteiger partial charge on any atom is 0.181 e. The van der Waals surface area contributed by atoms with E-state index in [-0.39, 0.29) is 0 Å². The van der Waals surface area contributed by atoms with Gasteiger partial charge >= 0.3 is 0 Å². The second-order valence-electron chi connectivity index (χ2n) is 6.00. The maximum atomic E-state index is 10.1. The third-order valence-electron chi connectivity index (χ3n) is 3.70. The number of hydrogen-bond acceptors (Lipinski definition) is 4. The molecule has 2 rings (SSSR count). The molecule has 0 aliphatic carbocycles. The summed E-state index contributed by atoms with van der Waals surface area (Å²) in [7, 11) is 5.52. The molecule has 1 atom stereocenters. The highest BCUT2D eigenvalue weighted by atomic mass is 16.6. The zero-order valence-corrected chi connectivity index (χ0v) is 14.0. The number of rotatable bonds is 7. The molecular formula is C17H26N2O3. The molecule has 0 saturated carbocycles. The van der Waals surface area contributed by atoms with Gasteiger partial charge in [-0.2, -0.15) is 0 Å². The van der Waals surface area contributed by atoms with Crippen LogP contribution in [0.2, 0.25) is 0 Å². The molecule has 1 aromatic heterocycles. The number of hydrogen-bond donors (Lipinski definition) is 1. The van der Waals surface area contributed by atoms with Gasteiger partial charge in [0.15, 0.2) is 6.29 Å². The van der Waals surface area contributed by atoms with Gasteiger partial charge in [0.1, 0.15) is 12.4 Å². The van der Waals surface area contributed by atoms with Gasteiger partial charge in [0, 0.05) is 42.9 Å². The molecule has 0 radical (unpaired) electrons. The minimum Gasteiger partial charge on any atom is -0.492 e. The molecule has 122 valence electrons. The van der Waals surface area contributed by atoms with Gasteiger partial charge < -0.3 is 24.0 Å². The molecule has 1 aromatic carbocycles. The van der Waals surface area contributed by atoms with Gasteiger partial charge in [-0.15, -0.1) is 0 Å². The number of aliphatic hydroxyl groups excluding tert-OH is 1. The van der Waals surface area contributed by atoms with Gasteiger partial charge in [-0.05, 0) is 40.1 Å². The van der Waals surface area contributed by atoms with Crippen LogP contribution in [0.25, 0.3) is 10.9 Å². The van der Waals surface area contributed by atoms with Crippen molar-refractivity contribution < 1.29 is 14.6 Å². The Bertz CT molecular complexity index is 620. The van der Waals surface area contributed by atoms with E-state index < -0.39 is 6.29 Å². The Morgan fingerprint density at radius 2 is 2.00 bits per heavy atom. The fraction of sp³-hybridized carbons (Fsp3) is 0.529. The summed E-state index contributed by atoms with van der Waals surface area (Å²) in [6.07, 6.45) is 1.08. The number of methoxy groups -OCH3 is 1. The molecule has 0 fully saturated rings. The van der Waals surface area contributed by atoms with E-state index in [1.807, 2.05) is 38.5 Å². The topological polar surface area (TPSA) is 46.9 Å². The lowest BCUT2D eigenvalue weighted by Crippen LogP contribution is -2.19. The van der Waals surface area contributed by atoms with Crippen molar-refractivity contribution >= 4 is 10.9 Å². The van der Waals surface area contributed by atoms with Crippen LogP contribution in [-0.2, 0) is 4.74 Å². The Labute approximate surface area is 132 Å². The van der Waals surface area contributed by atoms with Crippen molar-refractivity contribution in [3.05, 3.63) is 30.0 Å². The first-order chi connectivity index (χ1) is 10.4. The van der Waals surface area contributed by atoms with E-state index in [0.29, 0.717) is 12.6 Å². The quantitative estimate of drug-likeness (QED) is 0.799. The lowest BCUT2D eigenvalue weighted by molar-refractivity contribution is -0.0760. The smallest absolute Gasteiger partial charge is 0.181 e. The summed E-state index contributed by atoms with van der Waals surface area (Å²) in [5, 5.41) is 11.1. The monoisotopic (exact) mass is 306 g/mol. The summed E-state index contributed by atoms with van der Waals surface area (Å²) in [4.78, 5) is 2.07. The number of aromatic nitrogens is 1. The van der Waals surface area contributed by atoms with Crippen LogP contribution in [0.5, 0.6) is 5.75 Å². The molecule has 0 bridgehead atoms. The normalized spacial score (nSPS) is 13.3. The van der Waals surface area contributed by atoms with Gasteiger partial charge in [-0.3, -0.25) is 0 Å². The predicted molar refractivity (Wildman–Crippen MR) is 88.3 cm³/mol. The Morgan fingerprint density at radius 1 is 1.27 bits per heavy atom. The molecule has 5 heteroatoms. The van der Waals surface area contributed by atoms with Gasteiger partial charge in [-0.1, -0.05) is 0 Å². The summed E-state index contributed by atoms with van der Waals surface area (Å²) >= 11 is 0. The first kappa shape index (κ1) is 16.8. The Kier molecular flexibility index (Phi) is 5.45. The molecule has 1 N–H and O–H groups in total. The van der Waals surface area contributed by atoms with Crippen LogP contribution in [0.1, 0.15) is 31.7 Å². The van der Waals surface area contributed by atoms with Crippen molar-refractivity contribution in [2.45, 2.75) is 26.2 Å². The minimum absolute atomic E-state index is 0.335. The van der Waals surface area contributed by atoms with Crippen LogP contribution in [0.4, 0.5) is 0 Å². The van der Waals surface area contributed by atoms with E-state index in [9.17, 15) is 5.11 Å². The van der Waals surface area contributed by atoms with E-state index in [1.54, 1.807) is 0 Å². The fourth-order valence-electron chi connectivity index (χ4n) is 2.47. The third kappa shape index (κ3) is 3.61. The van der Waals surface area contributed by atoms with E-state index in [2.05, 4.69) is 23.3 Å². The van der Waals surface area contributed by atoms with Gasteiger partial charge in [0.2, 0.25) is 0 Å². The summed E-state index contributed by atoms with van der Waals surface area (Å²) in [5.41, 5.74) is 1.78. The third-order valence-corrected chi connectivity index (χ3v) is 3.70. The van der Waals surface area contributed by atoms with Crippen molar-refractivity contribution in [3.63, 3.8) is 0 Å². The van der Waals surface area contributed by atoms with Crippen LogP contribution in [-0.4, -0.2) is 48.9 Å². The van der Waals surface area contributed by atoms with Crippen molar-refractivity contribution in [1.82, 2.24) is 9.47 Å². The number of aliphatic hydroxyl groups is 1. The summed E-state index contributed by atoms with van der Waals surface area (Å²) in [5.74, 6) is 0.751. The molecule has 2 aromatic rings. The molecule has 0 saturated heterocycles. The summed E-state index contributed by atoms with van der Waals surface area (Å²) in [6, 6.07) is 6.23. The maximum absolute atomic E-state index is 10.1. The summed E-state index contributed by atoms with van der Waals surface area (Å²) in [6.45, 7) is 5.70.